The van der Waals surface area contributed by atoms with Crippen LogP contribution in [0.4, 0.5) is 4.39 Å². The second-order valence-electron chi connectivity index (χ2n) is 13.3. The van der Waals surface area contributed by atoms with E-state index >= 15 is 0 Å². The predicted octanol–water partition coefficient (Wildman–Crippen LogP) is 8.79. The lowest BCUT2D eigenvalue weighted by Crippen LogP contribution is -2.47. The molecule has 1 aliphatic heterocycles. The van der Waals surface area contributed by atoms with Gasteiger partial charge >= 0.3 is 0 Å². The van der Waals surface area contributed by atoms with Gasteiger partial charge in [-0.3, -0.25) is 9.69 Å². The minimum atomic E-state index is -0.271. The van der Waals surface area contributed by atoms with Crippen LogP contribution < -0.4 is 14.2 Å². The van der Waals surface area contributed by atoms with E-state index in [0.717, 1.165) is 54.1 Å². The maximum Gasteiger partial charge on any atom is 0.246 e. The summed E-state index contributed by atoms with van der Waals surface area (Å²) in [7, 11) is 0. The molecule has 2 heterocycles. The van der Waals surface area contributed by atoms with Crippen molar-refractivity contribution in [1.82, 2.24) is 14.8 Å². The zero-order valence-electron chi connectivity index (χ0n) is 30.8. The summed E-state index contributed by atoms with van der Waals surface area (Å²) in [6.07, 6.45) is 5.93. The van der Waals surface area contributed by atoms with E-state index in [-0.39, 0.29) is 24.1 Å². The molecule has 0 radical (unpaired) electrons. The van der Waals surface area contributed by atoms with Crippen LogP contribution in [-0.4, -0.2) is 53.5 Å². The highest BCUT2D eigenvalue weighted by atomic mass is 35.5. The first-order valence-electron chi connectivity index (χ1n) is 17.8. The lowest BCUT2D eigenvalue weighted by atomic mass is 10.0. The number of nitrogens with zero attached hydrogens (tertiary/aromatic N) is 4. The molecule has 1 aromatic heterocycles. The van der Waals surface area contributed by atoms with Crippen molar-refractivity contribution in [3.05, 3.63) is 154 Å². The van der Waals surface area contributed by atoms with Crippen molar-refractivity contribution in [3.63, 3.8) is 0 Å². The van der Waals surface area contributed by atoms with Gasteiger partial charge in [-0.2, -0.15) is 5.26 Å². The summed E-state index contributed by atoms with van der Waals surface area (Å²) in [6, 6.07) is 29.6. The van der Waals surface area contributed by atoms with E-state index in [0.29, 0.717) is 49.2 Å². The lowest BCUT2D eigenvalue weighted by molar-refractivity contribution is -0.127. The molecule has 1 fully saturated rings. The van der Waals surface area contributed by atoms with Crippen molar-refractivity contribution < 1.29 is 23.4 Å². The molecule has 8 nitrogen and oxygen atoms in total. The Labute approximate surface area is 322 Å². The lowest BCUT2D eigenvalue weighted by Gasteiger charge is -2.34. The van der Waals surface area contributed by atoms with E-state index in [9.17, 15) is 9.18 Å². The van der Waals surface area contributed by atoms with Gasteiger partial charge in [-0.1, -0.05) is 30.3 Å². The molecule has 0 saturated carbocycles. The van der Waals surface area contributed by atoms with E-state index in [1.165, 1.54) is 28.8 Å². The first kappa shape index (κ1) is 39.5. The van der Waals surface area contributed by atoms with Gasteiger partial charge in [-0.05, 0) is 120 Å². The summed E-state index contributed by atoms with van der Waals surface area (Å²) in [4.78, 5) is 21.8. The number of rotatable bonds is 13. The molecule has 4 aromatic carbocycles. The number of piperazine rings is 1. The summed E-state index contributed by atoms with van der Waals surface area (Å²) in [6.45, 7) is 10.8. The molecule has 0 aliphatic carbocycles. The molecule has 1 aliphatic rings. The van der Waals surface area contributed by atoms with Gasteiger partial charge in [-0.15, -0.1) is 12.4 Å². The number of carbonyl (C=O) groups is 1. The molecule has 1 saturated heterocycles. The molecular weight excluding hydrogens is 703 g/mol. The number of halogens is 2. The Morgan fingerprint density at radius 1 is 0.833 bits per heavy atom. The monoisotopic (exact) mass is 746 g/mol. The number of nitriles is 1. The molecule has 1 amide bonds. The van der Waals surface area contributed by atoms with Crippen molar-refractivity contribution in [2.75, 3.05) is 32.8 Å². The topological polar surface area (TPSA) is 87.9 Å². The van der Waals surface area contributed by atoms with Gasteiger partial charge in [0.05, 0.1) is 24.4 Å². The minimum absolute atomic E-state index is 0. The highest BCUT2D eigenvalue weighted by Crippen LogP contribution is 2.30. The minimum Gasteiger partial charge on any atom is -0.493 e. The molecule has 10 heteroatoms. The zero-order valence-corrected chi connectivity index (χ0v) is 31.6. The third-order valence-electron chi connectivity index (χ3n) is 9.26. The average Bonchev–Trinajstić information content (AvgIpc) is 3.17. The van der Waals surface area contributed by atoms with Gasteiger partial charge in [-0.25, -0.2) is 9.37 Å². The Balaban J connectivity index is 0.00000561. The molecular formula is C44H44ClFN4O4. The summed E-state index contributed by atoms with van der Waals surface area (Å²) in [5, 5.41) is 8.96. The summed E-state index contributed by atoms with van der Waals surface area (Å²) < 4.78 is 30.9. The second kappa shape index (κ2) is 18.9. The van der Waals surface area contributed by atoms with Crippen LogP contribution >= 0.6 is 12.4 Å². The molecule has 0 unspecified atom stereocenters. The number of benzene rings is 4. The van der Waals surface area contributed by atoms with Crippen molar-refractivity contribution in [3.8, 4) is 29.2 Å². The number of amides is 1. The van der Waals surface area contributed by atoms with E-state index < -0.39 is 0 Å². The van der Waals surface area contributed by atoms with Crippen molar-refractivity contribution in [2.45, 2.75) is 40.3 Å². The fourth-order valence-corrected chi connectivity index (χ4v) is 6.30. The first-order chi connectivity index (χ1) is 25.7. The van der Waals surface area contributed by atoms with Gasteiger partial charge in [0.2, 0.25) is 11.8 Å². The van der Waals surface area contributed by atoms with Crippen LogP contribution in [0.2, 0.25) is 0 Å². The van der Waals surface area contributed by atoms with Crippen LogP contribution in [0.3, 0.4) is 0 Å². The SMILES string of the molecule is Cc1cc(CN2CCN(C(=O)/C=C/c3cc(C)c(Oc4ccc(OCc5ccc(C#N)cc5)cn4)c(C)c3)CC2)ccc1CCOc1ccc(F)cc1.Cl. The maximum absolute atomic E-state index is 13.1. The average molecular weight is 747 g/mol. The van der Waals surface area contributed by atoms with Crippen molar-refractivity contribution >= 4 is 24.4 Å². The summed E-state index contributed by atoms with van der Waals surface area (Å²) in [5.74, 6) is 2.20. The molecule has 0 bridgehead atoms. The molecule has 0 N–H and O–H groups in total. The van der Waals surface area contributed by atoms with E-state index in [2.05, 4.69) is 41.1 Å². The molecule has 0 spiro atoms. The smallest absolute Gasteiger partial charge is 0.246 e. The molecule has 278 valence electrons. The third kappa shape index (κ3) is 10.9. The fourth-order valence-electron chi connectivity index (χ4n) is 6.30. The predicted molar refractivity (Wildman–Crippen MR) is 211 cm³/mol. The van der Waals surface area contributed by atoms with E-state index in [4.69, 9.17) is 19.5 Å². The standard InChI is InChI=1S/C44H43FN4O4.ClH/c1-31-24-37(8-10-38(31)18-23-51-40-13-11-39(45)12-14-40)29-48-19-21-49(22-20-48)43(50)17-9-36-25-32(2)44(33(3)26-36)53-42-16-15-41(28-47-42)52-30-35-6-4-34(27-46)5-7-35;/h4-17,24-26,28H,18-23,29-30H2,1-3H3;1H/b17-9+;. The van der Waals surface area contributed by atoms with Gasteiger partial charge in [0, 0.05) is 51.3 Å². The quantitative estimate of drug-likeness (QED) is 0.111. The maximum atomic E-state index is 13.1. The van der Waals surface area contributed by atoms with Crippen LogP contribution in [0.25, 0.3) is 6.08 Å². The van der Waals surface area contributed by atoms with E-state index in [1.54, 1.807) is 42.6 Å². The van der Waals surface area contributed by atoms with Crippen molar-refractivity contribution in [2.24, 2.45) is 0 Å². The van der Waals surface area contributed by atoms with Gasteiger partial charge < -0.3 is 19.1 Å². The Hall–Kier alpha value is -5.69. The summed E-state index contributed by atoms with van der Waals surface area (Å²) >= 11 is 0. The van der Waals surface area contributed by atoms with Crippen LogP contribution in [0.1, 0.15) is 44.5 Å². The van der Waals surface area contributed by atoms with Gasteiger partial charge in [0.15, 0.2) is 0 Å². The van der Waals surface area contributed by atoms with Crippen LogP contribution in [0.15, 0.2) is 103 Å². The third-order valence-corrected chi connectivity index (χ3v) is 9.26. The number of aromatic nitrogens is 1. The van der Waals surface area contributed by atoms with Gasteiger partial charge in [0.1, 0.15) is 29.7 Å². The molecule has 5 aromatic rings. The van der Waals surface area contributed by atoms with Gasteiger partial charge in [0.25, 0.3) is 0 Å². The molecule has 54 heavy (non-hydrogen) atoms. The van der Waals surface area contributed by atoms with Crippen LogP contribution in [0.5, 0.6) is 23.1 Å². The first-order valence-corrected chi connectivity index (χ1v) is 17.8. The van der Waals surface area contributed by atoms with Crippen LogP contribution in [-0.2, 0) is 24.4 Å². The largest absolute Gasteiger partial charge is 0.493 e. The number of carbonyl (C=O) groups excluding carboxylic acids is 1. The number of aryl methyl sites for hydroxylation is 3. The summed E-state index contributed by atoms with van der Waals surface area (Å²) in [5.41, 5.74) is 8.09. The van der Waals surface area contributed by atoms with Crippen molar-refractivity contribution in [1.29, 1.82) is 5.26 Å². The molecule has 6 rings (SSSR count). The highest BCUT2D eigenvalue weighted by Gasteiger charge is 2.20. The second-order valence-corrected chi connectivity index (χ2v) is 13.3. The number of hydrogen-bond acceptors (Lipinski definition) is 7. The Morgan fingerprint density at radius 3 is 2.17 bits per heavy atom. The number of ether oxygens (including phenoxy) is 3. The normalized spacial score (nSPS) is 12.9. The van der Waals surface area contributed by atoms with Crippen LogP contribution in [0, 0.1) is 37.9 Å². The fraction of sp³-hybridized carbons (Fsp3) is 0.250. The molecule has 0 atom stereocenters. The Morgan fingerprint density at radius 2 is 1.52 bits per heavy atom. The number of hydrogen-bond donors (Lipinski definition) is 0. The zero-order chi connectivity index (χ0) is 37.2. The Bertz CT molecular complexity index is 2070. The number of pyridine rings is 1. The highest BCUT2D eigenvalue weighted by molar-refractivity contribution is 5.92. The Kier molecular flexibility index (Phi) is 13.8. The van der Waals surface area contributed by atoms with E-state index in [1.807, 2.05) is 55.2 Å².